The highest BCUT2D eigenvalue weighted by Gasteiger charge is 2.52. The number of ether oxygens (including phenoxy) is 1. The lowest BCUT2D eigenvalue weighted by Gasteiger charge is -2.40. The van der Waals surface area contributed by atoms with Gasteiger partial charge in [-0.15, -0.1) is 0 Å². The van der Waals surface area contributed by atoms with Crippen molar-refractivity contribution in [3.8, 4) is 22.6 Å². The molecule has 1 amide bonds. The Labute approximate surface area is 183 Å². The van der Waals surface area contributed by atoms with Gasteiger partial charge in [-0.05, 0) is 57.0 Å². The van der Waals surface area contributed by atoms with E-state index in [0.29, 0.717) is 15.9 Å². The molecule has 0 radical (unpaired) electrons. The zero-order valence-corrected chi connectivity index (χ0v) is 19.0. The van der Waals surface area contributed by atoms with E-state index in [1.165, 1.54) is 11.5 Å². The lowest BCUT2D eigenvalue weighted by Crippen LogP contribution is -2.46. The van der Waals surface area contributed by atoms with E-state index in [0.717, 1.165) is 38.6 Å². The summed E-state index contributed by atoms with van der Waals surface area (Å²) in [5.41, 5.74) is 4.97. The summed E-state index contributed by atoms with van der Waals surface area (Å²) >= 11 is 7.45. The van der Waals surface area contributed by atoms with Gasteiger partial charge in [0.15, 0.2) is 0 Å². The summed E-state index contributed by atoms with van der Waals surface area (Å²) in [6.07, 6.45) is 0. The number of anilines is 1. The van der Waals surface area contributed by atoms with E-state index in [4.69, 9.17) is 17.0 Å². The van der Waals surface area contributed by atoms with Crippen LogP contribution in [0.5, 0.6) is 5.75 Å². The molecule has 0 unspecified atom stereocenters. The second kappa shape index (κ2) is 6.12. The lowest BCUT2D eigenvalue weighted by molar-refractivity contribution is -0.115. The van der Waals surface area contributed by atoms with Crippen molar-refractivity contribution in [3.63, 3.8) is 0 Å². The van der Waals surface area contributed by atoms with Gasteiger partial charge in [0, 0.05) is 11.1 Å². The predicted molar refractivity (Wildman–Crippen MR) is 121 cm³/mol. The summed E-state index contributed by atoms with van der Waals surface area (Å²) in [4.78, 5) is 28.6. The molecule has 3 heterocycles. The molecule has 2 aliphatic rings. The van der Waals surface area contributed by atoms with Gasteiger partial charge in [0.25, 0.3) is 11.7 Å². The van der Waals surface area contributed by atoms with E-state index < -0.39 is 17.2 Å². The third-order valence-electron chi connectivity index (χ3n) is 6.16. The highest BCUT2D eigenvalue weighted by Crippen LogP contribution is 2.55. The fourth-order valence-electron chi connectivity index (χ4n) is 4.54. The van der Waals surface area contributed by atoms with Gasteiger partial charge in [-0.1, -0.05) is 35.9 Å². The molecule has 0 bridgehead atoms. The number of para-hydroxylation sites is 2. The molecule has 5 rings (SSSR count). The van der Waals surface area contributed by atoms with Gasteiger partial charge in [-0.2, -0.15) is 0 Å². The van der Waals surface area contributed by atoms with Crippen molar-refractivity contribution in [2.75, 3.05) is 12.0 Å². The van der Waals surface area contributed by atoms with Gasteiger partial charge in [0.1, 0.15) is 10.4 Å². The minimum Gasteiger partial charge on any atom is -0.495 e. The quantitative estimate of drug-likeness (QED) is 0.402. The Morgan fingerprint density at radius 3 is 2.50 bits per heavy atom. The smallest absolute Gasteiger partial charge is 0.300 e. The van der Waals surface area contributed by atoms with Crippen molar-refractivity contribution >= 4 is 41.1 Å². The van der Waals surface area contributed by atoms with E-state index in [2.05, 4.69) is 6.07 Å². The minimum atomic E-state index is -0.701. The number of rotatable bonds is 2. The van der Waals surface area contributed by atoms with Crippen LogP contribution in [0.3, 0.4) is 0 Å². The fourth-order valence-corrected chi connectivity index (χ4v) is 6.24. The number of carbonyl (C=O) groups excluding carboxylic acids is 2. The number of aromatic nitrogens is 1. The topological polar surface area (TPSA) is 51.5 Å². The molecule has 1 aromatic heterocycles. The van der Waals surface area contributed by atoms with Gasteiger partial charge in [0.05, 0.1) is 34.5 Å². The molecule has 0 saturated heterocycles. The summed E-state index contributed by atoms with van der Waals surface area (Å²) in [5, 5.41) is 0. The molecule has 7 heteroatoms. The van der Waals surface area contributed by atoms with Gasteiger partial charge >= 0.3 is 0 Å². The first kappa shape index (κ1) is 19.2. The minimum absolute atomic E-state index is 0.431. The number of nitrogens with zero attached hydrogens (tertiary/aromatic N) is 2. The Bertz CT molecular complexity index is 1350. The Morgan fingerprint density at radius 2 is 1.80 bits per heavy atom. The van der Waals surface area contributed by atoms with E-state index in [-0.39, 0.29) is 0 Å². The van der Waals surface area contributed by atoms with Crippen LogP contribution in [0.15, 0.2) is 30.3 Å². The molecule has 5 nitrogen and oxygen atoms in total. The molecule has 3 aromatic rings. The number of ketones is 1. The number of fused-ring (bicyclic) bond motifs is 2. The first-order valence-corrected chi connectivity index (χ1v) is 10.8. The Morgan fingerprint density at radius 1 is 1.10 bits per heavy atom. The highest BCUT2D eigenvalue weighted by atomic mass is 32.1. The largest absolute Gasteiger partial charge is 0.495 e. The Hall–Kier alpha value is -2.77. The number of benzene rings is 2. The van der Waals surface area contributed by atoms with Crippen LogP contribution in [0.4, 0.5) is 5.69 Å². The fraction of sp³-hybridized carbons (Fsp3) is 0.261. The molecular weight excluding hydrogens is 416 g/mol. The first-order chi connectivity index (χ1) is 14.2. The Kier molecular flexibility index (Phi) is 3.92. The zero-order chi connectivity index (χ0) is 21.5. The summed E-state index contributed by atoms with van der Waals surface area (Å²) in [6, 6.07) is 9.78. The average Bonchev–Trinajstić information content (AvgIpc) is 3.20. The van der Waals surface area contributed by atoms with Crippen LogP contribution >= 0.6 is 23.8 Å². The summed E-state index contributed by atoms with van der Waals surface area (Å²) in [7, 11) is 1.64. The molecule has 2 aliphatic heterocycles. The van der Waals surface area contributed by atoms with Gasteiger partial charge in [-0.25, -0.2) is 0 Å². The number of methoxy groups -OCH3 is 1. The van der Waals surface area contributed by atoms with Crippen LogP contribution < -0.4 is 9.64 Å². The number of amides is 1. The molecule has 0 spiro atoms. The van der Waals surface area contributed by atoms with Crippen LogP contribution in [0.2, 0.25) is 0 Å². The van der Waals surface area contributed by atoms with Crippen molar-refractivity contribution in [2.24, 2.45) is 0 Å². The molecule has 0 N–H and O–H groups in total. The van der Waals surface area contributed by atoms with Crippen molar-refractivity contribution < 1.29 is 14.3 Å². The van der Waals surface area contributed by atoms with Crippen molar-refractivity contribution in [1.82, 2.24) is 3.96 Å². The van der Waals surface area contributed by atoms with Crippen molar-refractivity contribution in [1.29, 1.82) is 0 Å². The number of hydrogen-bond acceptors (Lipinski definition) is 5. The third-order valence-corrected chi connectivity index (χ3v) is 8.11. The number of Topliss-reactive ketones (excluding diaryl/α,β-unsaturated/α-hetero) is 1. The summed E-state index contributed by atoms with van der Waals surface area (Å²) in [6.45, 7) is 7.82. The van der Waals surface area contributed by atoms with Crippen LogP contribution in [0.25, 0.3) is 16.8 Å². The SMILES string of the molecule is COc1ccccc1-n1sc2c(c1=S)-c1cc(C)c(C)c3c1N(C(=O)C3=O)C2(C)C. The molecule has 152 valence electrons. The lowest BCUT2D eigenvalue weighted by atomic mass is 9.85. The van der Waals surface area contributed by atoms with Gasteiger partial charge in [0.2, 0.25) is 0 Å². The van der Waals surface area contributed by atoms with E-state index in [1.54, 1.807) is 12.0 Å². The average molecular weight is 437 g/mol. The maximum atomic E-state index is 13.1. The normalized spacial score (nSPS) is 16.0. The molecule has 0 aliphatic carbocycles. The van der Waals surface area contributed by atoms with Crippen LogP contribution in [-0.4, -0.2) is 22.8 Å². The third kappa shape index (κ3) is 2.19. The van der Waals surface area contributed by atoms with Crippen molar-refractivity contribution in [2.45, 2.75) is 33.2 Å². The standard InChI is InChI=1S/C23H20N2O3S2/c1-11-10-13-17-20(30-25(22(17)29)14-8-6-7-9-15(14)28-5)23(3,4)24-18(13)16(12(11)2)19(26)21(24)27/h6-10H,1-5H3. The monoisotopic (exact) mass is 436 g/mol. The van der Waals surface area contributed by atoms with Gasteiger partial charge in [-0.3, -0.25) is 18.4 Å². The molecule has 0 fully saturated rings. The molecule has 0 atom stereocenters. The van der Waals surface area contributed by atoms with Crippen LogP contribution in [-0.2, 0) is 10.3 Å². The number of aryl methyl sites for hydroxylation is 1. The van der Waals surface area contributed by atoms with E-state index >= 15 is 0 Å². The number of hydrogen-bond donors (Lipinski definition) is 0. The van der Waals surface area contributed by atoms with Gasteiger partial charge < -0.3 is 4.74 Å². The highest BCUT2D eigenvalue weighted by molar-refractivity contribution is 7.71. The van der Waals surface area contributed by atoms with Crippen molar-refractivity contribution in [3.05, 3.63) is 56.5 Å². The van der Waals surface area contributed by atoms with Crippen LogP contribution in [0, 0.1) is 18.5 Å². The maximum absolute atomic E-state index is 13.1. The first-order valence-electron chi connectivity index (χ1n) is 9.63. The maximum Gasteiger partial charge on any atom is 0.300 e. The van der Waals surface area contributed by atoms with E-state index in [1.807, 2.05) is 55.9 Å². The molecular formula is C23H20N2O3S2. The predicted octanol–water partition coefficient (Wildman–Crippen LogP) is 5.34. The molecule has 0 saturated carbocycles. The Balaban J connectivity index is 1.91. The second-order valence-corrected chi connectivity index (χ2v) is 9.53. The molecule has 30 heavy (non-hydrogen) atoms. The summed E-state index contributed by atoms with van der Waals surface area (Å²) in [5.74, 6) is -0.181. The second-order valence-electron chi connectivity index (χ2n) is 8.19. The molecule has 2 aromatic carbocycles. The zero-order valence-electron chi connectivity index (χ0n) is 17.3. The number of carbonyl (C=O) groups is 2. The summed E-state index contributed by atoms with van der Waals surface area (Å²) < 4.78 is 8.20. The van der Waals surface area contributed by atoms with E-state index in [9.17, 15) is 9.59 Å². The van der Waals surface area contributed by atoms with Crippen LogP contribution in [0.1, 0.15) is 40.2 Å².